The number of benzene rings is 2. The standard InChI is InChI=1S/C21H26N2O5/c1-4-27-19-7-5-14(9-20(19)26-3)12-22-21(24)23-16-10-15-11-17(25-2)6-8-18(15)28-13-16/h5-9,11,16H,4,10,12-13H2,1-3H3,(H2,22,23,24)/t16-/m1/s1. The third-order valence-corrected chi connectivity index (χ3v) is 4.49. The van der Waals surface area contributed by atoms with Gasteiger partial charge in [0.2, 0.25) is 0 Å². The van der Waals surface area contributed by atoms with Gasteiger partial charge in [-0.15, -0.1) is 0 Å². The van der Waals surface area contributed by atoms with Gasteiger partial charge in [0.15, 0.2) is 11.5 Å². The predicted molar refractivity (Wildman–Crippen MR) is 106 cm³/mol. The Morgan fingerprint density at radius 1 is 1.14 bits per heavy atom. The summed E-state index contributed by atoms with van der Waals surface area (Å²) < 4.78 is 21.8. The minimum atomic E-state index is -0.243. The van der Waals surface area contributed by atoms with Crippen molar-refractivity contribution >= 4 is 6.03 Å². The maximum atomic E-state index is 12.3. The third-order valence-electron chi connectivity index (χ3n) is 4.49. The van der Waals surface area contributed by atoms with E-state index in [0.29, 0.717) is 37.7 Å². The highest BCUT2D eigenvalue weighted by atomic mass is 16.5. The zero-order chi connectivity index (χ0) is 19.9. The van der Waals surface area contributed by atoms with Crippen LogP contribution in [0.4, 0.5) is 4.79 Å². The van der Waals surface area contributed by atoms with Gasteiger partial charge in [-0.05, 0) is 54.8 Å². The Kier molecular flexibility index (Phi) is 6.47. The quantitative estimate of drug-likeness (QED) is 0.765. The molecule has 7 nitrogen and oxygen atoms in total. The second kappa shape index (κ2) is 9.21. The lowest BCUT2D eigenvalue weighted by Crippen LogP contribution is -2.47. The molecule has 0 saturated heterocycles. The summed E-state index contributed by atoms with van der Waals surface area (Å²) in [6.45, 7) is 3.30. The number of ether oxygens (including phenoxy) is 4. The SMILES string of the molecule is CCOc1ccc(CNC(=O)N[C@H]2COc3ccc(OC)cc3C2)cc1OC. The second-order valence-corrected chi connectivity index (χ2v) is 6.43. The Labute approximate surface area is 164 Å². The smallest absolute Gasteiger partial charge is 0.315 e. The fourth-order valence-corrected chi connectivity index (χ4v) is 3.11. The largest absolute Gasteiger partial charge is 0.497 e. The van der Waals surface area contributed by atoms with Crippen LogP contribution in [0, 0.1) is 0 Å². The number of hydrogen-bond donors (Lipinski definition) is 2. The molecule has 0 spiro atoms. The monoisotopic (exact) mass is 386 g/mol. The van der Waals surface area contributed by atoms with Crippen molar-refractivity contribution < 1.29 is 23.7 Å². The third kappa shape index (κ3) is 4.79. The summed E-state index contributed by atoms with van der Waals surface area (Å²) in [4.78, 5) is 12.3. The number of carbonyl (C=O) groups excluding carboxylic acids is 1. The van der Waals surface area contributed by atoms with Crippen LogP contribution in [0.5, 0.6) is 23.0 Å². The van der Waals surface area contributed by atoms with Gasteiger partial charge in [0.1, 0.15) is 18.1 Å². The summed E-state index contributed by atoms with van der Waals surface area (Å²) in [6, 6.07) is 11.0. The van der Waals surface area contributed by atoms with Crippen molar-refractivity contribution in [2.75, 3.05) is 27.4 Å². The van der Waals surface area contributed by atoms with Crippen molar-refractivity contribution in [2.45, 2.75) is 25.9 Å². The number of methoxy groups -OCH3 is 2. The lowest BCUT2D eigenvalue weighted by molar-refractivity contribution is 0.214. The summed E-state index contributed by atoms with van der Waals surface area (Å²) >= 11 is 0. The molecule has 0 unspecified atom stereocenters. The predicted octanol–water partition coefficient (Wildman–Crippen LogP) is 2.91. The fourth-order valence-electron chi connectivity index (χ4n) is 3.11. The van der Waals surface area contributed by atoms with E-state index in [4.69, 9.17) is 18.9 Å². The van der Waals surface area contributed by atoms with Crippen LogP contribution in [0.25, 0.3) is 0 Å². The molecule has 1 aliphatic rings. The summed E-state index contributed by atoms with van der Waals surface area (Å²) in [5, 5.41) is 5.82. The van der Waals surface area contributed by atoms with E-state index in [9.17, 15) is 4.79 Å². The Morgan fingerprint density at radius 3 is 2.75 bits per heavy atom. The van der Waals surface area contributed by atoms with E-state index in [-0.39, 0.29) is 12.1 Å². The van der Waals surface area contributed by atoms with Crippen LogP contribution in [0.2, 0.25) is 0 Å². The molecule has 2 amide bonds. The van der Waals surface area contributed by atoms with Crippen LogP contribution >= 0.6 is 0 Å². The number of rotatable bonds is 7. The Morgan fingerprint density at radius 2 is 2.00 bits per heavy atom. The van der Waals surface area contributed by atoms with Gasteiger partial charge in [-0.3, -0.25) is 0 Å². The number of nitrogens with one attached hydrogen (secondary N) is 2. The highest BCUT2D eigenvalue weighted by molar-refractivity contribution is 5.74. The lowest BCUT2D eigenvalue weighted by atomic mass is 10.0. The minimum absolute atomic E-state index is 0.102. The molecule has 0 radical (unpaired) electrons. The van der Waals surface area contributed by atoms with E-state index in [1.54, 1.807) is 14.2 Å². The lowest BCUT2D eigenvalue weighted by Gasteiger charge is -2.26. The molecule has 0 bridgehead atoms. The Bertz CT molecular complexity index is 824. The molecule has 0 fully saturated rings. The van der Waals surface area contributed by atoms with Crippen molar-refractivity contribution in [1.82, 2.24) is 10.6 Å². The van der Waals surface area contributed by atoms with Crippen molar-refractivity contribution in [3.63, 3.8) is 0 Å². The maximum absolute atomic E-state index is 12.3. The van der Waals surface area contributed by atoms with Crippen molar-refractivity contribution in [3.8, 4) is 23.0 Å². The van der Waals surface area contributed by atoms with Gasteiger partial charge in [-0.2, -0.15) is 0 Å². The van der Waals surface area contributed by atoms with E-state index in [1.807, 2.05) is 43.3 Å². The van der Waals surface area contributed by atoms with Crippen molar-refractivity contribution in [2.24, 2.45) is 0 Å². The number of urea groups is 1. The Hall–Kier alpha value is -3.09. The average Bonchev–Trinajstić information content (AvgIpc) is 2.72. The Balaban J connectivity index is 1.53. The van der Waals surface area contributed by atoms with Crippen molar-refractivity contribution in [1.29, 1.82) is 0 Å². The molecule has 1 heterocycles. The molecule has 0 saturated carbocycles. The van der Waals surface area contributed by atoms with Gasteiger partial charge in [-0.25, -0.2) is 4.79 Å². The van der Waals surface area contributed by atoms with Crippen LogP contribution in [0.15, 0.2) is 36.4 Å². The molecular weight excluding hydrogens is 360 g/mol. The molecule has 0 aromatic heterocycles. The first-order chi connectivity index (χ1) is 13.6. The average molecular weight is 386 g/mol. The molecule has 2 N–H and O–H groups in total. The van der Waals surface area contributed by atoms with E-state index in [1.165, 1.54) is 0 Å². The molecule has 1 atom stereocenters. The topological polar surface area (TPSA) is 78.1 Å². The van der Waals surface area contributed by atoms with E-state index in [0.717, 1.165) is 22.6 Å². The minimum Gasteiger partial charge on any atom is -0.497 e. The van der Waals surface area contributed by atoms with Crippen LogP contribution in [0.1, 0.15) is 18.1 Å². The molecule has 150 valence electrons. The van der Waals surface area contributed by atoms with Gasteiger partial charge in [0, 0.05) is 6.54 Å². The number of carbonyl (C=O) groups is 1. The number of hydrogen-bond acceptors (Lipinski definition) is 5. The summed E-state index contributed by atoms with van der Waals surface area (Å²) in [6.07, 6.45) is 0.691. The molecular formula is C21H26N2O5. The molecule has 28 heavy (non-hydrogen) atoms. The van der Waals surface area contributed by atoms with E-state index < -0.39 is 0 Å². The number of amides is 2. The molecule has 1 aliphatic heterocycles. The molecule has 2 aromatic rings. The van der Waals surface area contributed by atoms with Gasteiger partial charge in [-0.1, -0.05) is 6.07 Å². The summed E-state index contributed by atoms with van der Waals surface area (Å²) in [7, 11) is 3.22. The highest BCUT2D eigenvalue weighted by Crippen LogP contribution is 2.29. The normalized spacial score (nSPS) is 15.0. The molecule has 3 rings (SSSR count). The first-order valence-corrected chi connectivity index (χ1v) is 9.26. The van der Waals surface area contributed by atoms with E-state index >= 15 is 0 Å². The molecule has 0 aliphatic carbocycles. The fraction of sp³-hybridized carbons (Fsp3) is 0.381. The first kappa shape index (κ1) is 19.7. The van der Waals surface area contributed by atoms with Crippen LogP contribution < -0.4 is 29.6 Å². The van der Waals surface area contributed by atoms with Gasteiger partial charge < -0.3 is 29.6 Å². The highest BCUT2D eigenvalue weighted by Gasteiger charge is 2.22. The van der Waals surface area contributed by atoms with Gasteiger partial charge in [0.25, 0.3) is 0 Å². The van der Waals surface area contributed by atoms with Gasteiger partial charge >= 0.3 is 6.03 Å². The molecule has 2 aromatic carbocycles. The zero-order valence-corrected chi connectivity index (χ0v) is 16.4. The van der Waals surface area contributed by atoms with Crippen LogP contribution in [0.3, 0.4) is 0 Å². The van der Waals surface area contributed by atoms with Crippen LogP contribution in [-0.4, -0.2) is 39.5 Å². The zero-order valence-electron chi connectivity index (χ0n) is 16.4. The maximum Gasteiger partial charge on any atom is 0.315 e. The van der Waals surface area contributed by atoms with Gasteiger partial charge in [0.05, 0.1) is 26.9 Å². The first-order valence-electron chi connectivity index (χ1n) is 9.26. The van der Waals surface area contributed by atoms with Crippen molar-refractivity contribution in [3.05, 3.63) is 47.5 Å². The van der Waals surface area contributed by atoms with E-state index in [2.05, 4.69) is 10.6 Å². The molecule has 7 heteroatoms. The second-order valence-electron chi connectivity index (χ2n) is 6.43. The summed E-state index contributed by atoms with van der Waals surface area (Å²) in [5.41, 5.74) is 1.94. The number of fused-ring (bicyclic) bond motifs is 1. The summed E-state index contributed by atoms with van der Waals surface area (Å²) in [5.74, 6) is 2.94. The van der Waals surface area contributed by atoms with Crippen LogP contribution in [-0.2, 0) is 13.0 Å².